The molecule has 12 nitrogen and oxygen atoms in total. The average molecular weight is 611 g/mol. The lowest BCUT2D eigenvalue weighted by Crippen LogP contribution is -2.52. The van der Waals surface area contributed by atoms with Gasteiger partial charge in [-0.25, -0.2) is 0 Å². The van der Waals surface area contributed by atoms with Gasteiger partial charge in [0.25, 0.3) is 0 Å². The van der Waals surface area contributed by atoms with Crippen LogP contribution in [0.25, 0.3) is 0 Å². The van der Waals surface area contributed by atoms with E-state index in [1.54, 1.807) is 0 Å². The third-order valence-electron chi connectivity index (χ3n) is 7.35. The highest BCUT2D eigenvalue weighted by atomic mass is 31.0. The maximum atomic E-state index is 13.4. The molecule has 1 aromatic rings. The second-order valence-corrected chi connectivity index (χ2v) is 10.8. The molecule has 2 amide bonds. The van der Waals surface area contributed by atoms with Crippen LogP contribution in [-0.4, -0.2) is 147 Å². The Labute approximate surface area is 253 Å². The van der Waals surface area contributed by atoms with Crippen LogP contribution in [0.5, 0.6) is 5.75 Å². The summed E-state index contributed by atoms with van der Waals surface area (Å²) < 4.78 is 10.5. The summed E-state index contributed by atoms with van der Waals surface area (Å²) in [5.41, 5.74) is 0.898. The fraction of sp³-hybridized carbons (Fsp3) is 0.690. The summed E-state index contributed by atoms with van der Waals surface area (Å²) in [6, 6.07) is 6.65. The predicted octanol–water partition coefficient (Wildman–Crippen LogP) is 0.382. The Morgan fingerprint density at radius 1 is 0.929 bits per heavy atom. The van der Waals surface area contributed by atoms with Crippen LogP contribution in [0, 0.1) is 0 Å². The SMILES string of the molecule is CCOCCCNC(=O)C(Cc1ccc(OP)cc1)NC(=O)CN1CCN(CC)CCN(C)CCN(CC(=O)O)CC1. The fourth-order valence-electron chi connectivity index (χ4n) is 4.71. The molecule has 1 aliphatic rings. The van der Waals surface area contributed by atoms with E-state index in [-0.39, 0.29) is 24.9 Å². The number of carbonyl (C=O) groups excluding carboxylic acids is 2. The van der Waals surface area contributed by atoms with Crippen molar-refractivity contribution >= 4 is 27.3 Å². The Balaban J connectivity index is 2.10. The lowest BCUT2D eigenvalue weighted by Gasteiger charge is -2.32. The summed E-state index contributed by atoms with van der Waals surface area (Å²) in [5, 5.41) is 15.3. The van der Waals surface area contributed by atoms with Gasteiger partial charge >= 0.3 is 5.97 Å². The van der Waals surface area contributed by atoms with E-state index < -0.39 is 12.0 Å². The van der Waals surface area contributed by atoms with E-state index in [2.05, 4.69) is 48.8 Å². The first-order valence-electron chi connectivity index (χ1n) is 14.9. The molecule has 1 aromatic carbocycles. The smallest absolute Gasteiger partial charge is 0.317 e. The van der Waals surface area contributed by atoms with Crippen LogP contribution >= 0.6 is 9.47 Å². The van der Waals surface area contributed by atoms with Crippen molar-refractivity contribution in [3.63, 3.8) is 0 Å². The van der Waals surface area contributed by atoms with Crippen LogP contribution in [0.2, 0.25) is 0 Å². The van der Waals surface area contributed by atoms with Gasteiger partial charge in [0.05, 0.1) is 22.6 Å². The van der Waals surface area contributed by atoms with Gasteiger partial charge in [-0.15, -0.1) is 0 Å². The van der Waals surface area contributed by atoms with E-state index in [0.717, 1.165) is 38.3 Å². The monoisotopic (exact) mass is 610 g/mol. The van der Waals surface area contributed by atoms with E-state index in [1.807, 2.05) is 36.1 Å². The topological polar surface area (TPSA) is 127 Å². The molecule has 0 bridgehead atoms. The molecule has 13 heteroatoms. The molecule has 42 heavy (non-hydrogen) atoms. The van der Waals surface area contributed by atoms with Crippen molar-refractivity contribution in [3.8, 4) is 5.75 Å². The summed E-state index contributed by atoms with van der Waals surface area (Å²) in [5.74, 6) is -0.661. The Morgan fingerprint density at radius 3 is 2.12 bits per heavy atom. The van der Waals surface area contributed by atoms with E-state index in [9.17, 15) is 19.5 Å². The molecule has 0 radical (unpaired) electrons. The predicted molar refractivity (Wildman–Crippen MR) is 167 cm³/mol. The lowest BCUT2D eigenvalue weighted by atomic mass is 10.0. The normalized spacial score (nSPS) is 17.5. The lowest BCUT2D eigenvalue weighted by molar-refractivity contribution is -0.138. The number of nitrogens with zero attached hydrogens (tertiary/aromatic N) is 4. The van der Waals surface area contributed by atoms with Gasteiger partial charge in [0.2, 0.25) is 11.8 Å². The second-order valence-electron chi connectivity index (χ2n) is 10.6. The van der Waals surface area contributed by atoms with Gasteiger partial charge < -0.3 is 34.8 Å². The number of carboxylic acid groups (broad SMARTS) is 1. The second kappa shape index (κ2) is 20.5. The Bertz CT molecular complexity index is 940. The highest BCUT2D eigenvalue weighted by Gasteiger charge is 2.23. The first kappa shape index (κ1) is 35.9. The Morgan fingerprint density at radius 2 is 1.52 bits per heavy atom. The molecular formula is C29H51N6O6P. The number of hydrogen-bond donors (Lipinski definition) is 3. The van der Waals surface area contributed by atoms with Crippen LogP contribution in [0.1, 0.15) is 25.8 Å². The number of nitrogens with one attached hydrogen (secondary N) is 2. The third kappa shape index (κ3) is 14.7. The Hall–Kier alpha value is -2.34. The molecule has 1 saturated heterocycles. The number of carboxylic acids is 1. The number of benzene rings is 1. The number of ether oxygens (including phenoxy) is 1. The molecular weight excluding hydrogens is 559 g/mol. The van der Waals surface area contributed by atoms with Crippen molar-refractivity contribution < 1.29 is 28.8 Å². The van der Waals surface area contributed by atoms with Crippen molar-refractivity contribution in [1.82, 2.24) is 30.2 Å². The number of rotatable bonds is 15. The molecule has 2 unspecified atom stereocenters. The van der Waals surface area contributed by atoms with Crippen molar-refractivity contribution in [2.75, 3.05) is 98.8 Å². The van der Waals surface area contributed by atoms with E-state index in [4.69, 9.17) is 9.26 Å². The van der Waals surface area contributed by atoms with Gasteiger partial charge in [0.15, 0.2) is 0 Å². The summed E-state index contributed by atoms with van der Waals surface area (Å²) in [4.78, 5) is 46.6. The van der Waals surface area contributed by atoms with Crippen molar-refractivity contribution in [2.24, 2.45) is 0 Å². The number of likely N-dealkylation sites (N-methyl/N-ethyl adjacent to an activating group) is 2. The summed E-state index contributed by atoms with van der Waals surface area (Å²) in [7, 11) is 4.27. The van der Waals surface area contributed by atoms with Crippen LogP contribution in [0.15, 0.2) is 24.3 Å². The van der Waals surface area contributed by atoms with Crippen molar-refractivity contribution in [2.45, 2.75) is 32.7 Å². The number of amides is 2. The molecule has 2 atom stereocenters. The number of carbonyl (C=O) groups is 3. The van der Waals surface area contributed by atoms with Crippen LogP contribution in [-0.2, 0) is 25.5 Å². The quantitative estimate of drug-likeness (QED) is 0.190. The van der Waals surface area contributed by atoms with Crippen molar-refractivity contribution in [1.29, 1.82) is 0 Å². The summed E-state index contributed by atoms with van der Waals surface area (Å²) in [6.45, 7) is 12.4. The van der Waals surface area contributed by atoms with E-state index >= 15 is 0 Å². The van der Waals surface area contributed by atoms with Crippen molar-refractivity contribution in [3.05, 3.63) is 29.8 Å². The zero-order chi connectivity index (χ0) is 30.7. The molecule has 0 saturated carbocycles. The van der Waals surface area contributed by atoms with Crippen LogP contribution < -0.4 is 15.2 Å². The number of hydrogen-bond acceptors (Lipinski definition) is 9. The molecule has 238 valence electrons. The minimum Gasteiger partial charge on any atom is -0.480 e. The molecule has 1 heterocycles. The van der Waals surface area contributed by atoms with Crippen LogP contribution in [0.3, 0.4) is 0 Å². The molecule has 0 aliphatic carbocycles. The maximum Gasteiger partial charge on any atom is 0.317 e. The first-order valence-corrected chi connectivity index (χ1v) is 15.4. The highest BCUT2D eigenvalue weighted by molar-refractivity contribution is 7.10. The van der Waals surface area contributed by atoms with Gasteiger partial charge in [0, 0.05) is 78.5 Å². The zero-order valence-electron chi connectivity index (χ0n) is 25.6. The summed E-state index contributed by atoms with van der Waals surface area (Å²) >= 11 is 0. The molecule has 1 aliphatic heterocycles. The van der Waals surface area contributed by atoms with Gasteiger partial charge in [-0.3, -0.25) is 24.2 Å². The third-order valence-corrected chi connectivity index (χ3v) is 7.63. The van der Waals surface area contributed by atoms with E-state index in [1.165, 1.54) is 0 Å². The Kier molecular flexibility index (Phi) is 17.5. The van der Waals surface area contributed by atoms with Gasteiger partial charge in [-0.05, 0) is 44.6 Å². The minimum absolute atomic E-state index is 0.0406. The van der Waals surface area contributed by atoms with E-state index in [0.29, 0.717) is 64.5 Å². The first-order chi connectivity index (χ1) is 20.2. The molecule has 0 spiro atoms. The molecule has 2 rings (SSSR count). The van der Waals surface area contributed by atoms with Gasteiger partial charge in [-0.1, -0.05) is 19.1 Å². The highest BCUT2D eigenvalue weighted by Crippen LogP contribution is 2.15. The molecule has 0 aromatic heterocycles. The molecule has 3 N–H and O–H groups in total. The largest absolute Gasteiger partial charge is 0.480 e. The molecule has 1 fully saturated rings. The standard InChI is InChI=1S/C29H51N6O6P/c1-4-33-14-12-32(3)13-15-35(23-28(37)38)19-18-34(17-16-33)22-27(36)31-26(29(39)30-11-6-20-40-5-2)21-24-7-9-25(41-42)10-8-24/h7-10,26H,4-6,11-23,42H2,1-3H3,(H,30,39)(H,31,36)(H,37,38). The van der Waals surface area contributed by atoms with Gasteiger partial charge in [-0.2, -0.15) is 0 Å². The summed E-state index contributed by atoms with van der Waals surface area (Å²) in [6.07, 6.45) is 1.02. The number of aliphatic carboxylic acids is 1. The van der Waals surface area contributed by atoms with Crippen LogP contribution in [0.4, 0.5) is 0 Å². The van der Waals surface area contributed by atoms with Gasteiger partial charge in [0.1, 0.15) is 11.8 Å². The maximum absolute atomic E-state index is 13.4. The zero-order valence-corrected chi connectivity index (χ0v) is 26.7. The fourth-order valence-corrected chi connectivity index (χ4v) is 4.86. The average Bonchev–Trinajstić information content (AvgIpc) is 2.97. The minimum atomic E-state index is -0.862.